The maximum atomic E-state index is 13.1. The van der Waals surface area contributed by atoms with Crippen LogP contribution in [0.15, 0.2) is 82.7 Å². The van der Waals surface area contributed by atoms with Crippen LogP contribution in [0, 0.1) is 13.8 Å². The van der Waals surface area contributed by atoms with Crippen molar-refractivity contribution >= 4 is 17.4 Å². The molecule has 1 aliphatic rings. The van der Waals surface area contributed by atoms with E-state index in [2.05, 4.69) is 0 Å². The van der Waals surface area contributed by atoms with Crippen LogP contribution < -0.4 is 4.90 Å². The van der Waals surface area contributed by atoms with E-state index in [0.717, 1.165) is 16.7 Å². The minimum Gasteiger partial charge on any atom is -0.503 e. The Morgan fingerprint density at radius 3 is 2.47 bits per heavy atom. The summed E-state index contributed by atoms with van der Waals surface area (Å²) in [5.74, 6) is -0.929. The van der Waals surface area contributed by atoms with Crippen LogP contribution in [0.4, 0.5) is 5.69 Å². The van der Waals surface area contributed by atoms with Crippen molar-refractivity contribution in [2.24, 2.45) is 0 Å². The zero-order valence-corrected chi connectivity index (χ0v) is 17.0. The summed E-state index contributed by atoms with van der Waals surface area (Å²) in [6, 6.07) is 17.9. The fourth-order valence-corrected chi connectivity index (χ4v) is 3.79. The van der Waals surface area contributed by atoms with E-state index in [0.29, 0.717) is 17.9 Å². The quantitative estimate of drug-likeness (QED) is 0.631. The predicted molar refractivity (Wildman–Crippen MR) is 114 cm³/mol. The first-order chi connectivity index (χ1) is 14.5. The van der Waals surface area contributed by atoms with Crippen molar-refractivity contribution in [3.05, 3.63) is 101 Å². The summed E-state index contributed by atoms with van der Waals surface area (Å²) in [5, 5.41) is 10.7. The van der Waals surface area contributed by atoms with Gasteiger partial charge in [-0.1, -0.05) is 36.4 Å². The molecule has 1 N–H and O–H groups in total. The van der Waals surface area contributed by atoms with Crippen molar-refractivity contribution in [3.8, 4) is 0 Å². The van der Waals surface area contributed by atoms with Crippen LogP contribution in [0.5, 0.6) is 0 Å². The highest BCUT2D eigenvalue weighted by Crippen LogP contribution is 2.41. The smallest absolute Gasteiger partial charge is 0.294 e. The molecule has 0 radical (unpaired) electrons. The molecule has 2 aromatic carbocycles. The van der Waals surface area contributed by atoms with Crippen LogP contribution in [0.3, 0.4) is 0 Å². The Morgan fingerprint density at radius 1 is 1.03 bits per heavy atom. The Hall–Kier alpha value is -3.60. The molecule has 1 aliphatic heterocycles. The summed E-state index contributed by atoms with van der Waals surface area (Å²) in [4.78, 5) is 27.6. The van der Waals surface area contributed by atoms with Gasteiger partial charge in [-0.2, -0.15) is 0 Å². The SMILES string of the molecule is Cc1ccc(N2C(=O)C(O)=C(C(=O)CCc3ccccc3)C2c2ccco2)cc1C. The Balaban J connectivity index is 1.70. The number of amides is 1. The summed E-state index contributed by atoms with van der Waals surface area (Å²) < 4.78 is 5.57. The molecular weight excluding hydrogens is 378 g/mol. The zero-order chi connectivity index (χ0) is 21.3. The first-order valence-electron chi connectivity index (χ1n) is 9.92. The molecule has 2 heterocycles. The largest absolute Gasteiger partial charge is 0.503 e. The third-order valence-electron chi connectivity index (χ3n) is 5.57. The first-order valence-corrected chi connectivity index (χ1v) is 9.92. The van der Waals surface area contributed by atoms with Crippen molar-refractivity contribution in [1.82, 2.24) is 0 Å². The van der Waals surface area contributed by atoms with Gasteiger partial charge < -0.3 is 9.52 Å². The van der Waals surface area contributed by atoms with E-state index in [1.165, 1.54) is 11.2 Å². The van der Waals surface area contributed by atoms with Gasteiger partial charge in [0, 0.05) is 12.1 Å². The molecule has 1 unspecified atom stereocenters. The minimum atomic E-state index is -0.794. The molecule has 0 bridgehead atoms. The predicted octanol–water partition coefficient (Wildman–Crippen LogP) is 5.00. The molecule has 0 saturated heterocycles. The number of anilines is 1. The number of furan rings is 1. The van der Waals surface area contributed by atoms with Crippen LogP contribution in [0.2, 0.25) is 0 Å². The van der Waals surface area contributed by atoms with Crippen molar-refractivity contribution in [2.75, 3.05) is 4.90 Å². The maximum Gasteiger partial charge on any atom is 0.294 e. The fraction of sp³-hybridized carbons (Fsp3) is 0.200. The summed E-state index contributed by atoms with van der Waals surface area (Å²) >= 11 is 0. The number of hydrogen-bond donors (Lipinski definition) is 1. The van der Waals surface area contributed by atoms with E-state index in [1.807, 2.05) is 62.4 Å². The number of carbonyl (C=O) groups excluding carboxylic acids is 2. The van der Waals surface area contributed by atoms with Gasteiger partial charge in [0.1, 0.15) is 11.8 Å². The molecule has 3 aromatic rings. The number of rotatable bonds is 6. The molecule has 4 rings (SSSR count). The number of Topliss-reactive ketones (excluding diaryl/α,β-unsaturated/α-hetero) is 1. The van der Waals surface area contributed by atoms with Gasteiger partial charge in [-0.05, 0) is 61.2 Å². The monoisotopic (exact) mass is 401 g/mol. The number of carbonyl (C=O) groups is 2. The van der Waals surface area contributed by atoms with Gasteiger partial charge in [0.25, 0.3) is 5.91 Å². The van der Waals surface area contributed by atoms with Crippen LogP contribution in [-0.2, 0) is 16.0 Å². The van der Waals surface area contributed by atoms with Gasteiger partial charge in [-0.25, -0.2) is 0 Å². The number of aliphatic hydroxyl groups excluding tert-OH is 1. The molecule has 0 saturated carbocycles. The van der Waals surface area contributed by atoms with Crippen LogP contribution in [-0.4, -0.2) is 16.8 Å². The van der Waals surface area contributed by atoms with E-state index in [4.69, 9.17) is 4.42 Å². The average molecular weight is 401 g/mol. The summed E-state index contributed by atoms with van der Waals surface area (Å²) in [5.41, 5.74) is 3.83. The molecule has 0 fully saturated rings. The molecule has 5 nitrogen and oxygen atoms in total. The number of ketones is 1. The second-order valence-electron chi connectivity index (χ2n) is 7.53. The molecule has 5 heteroatoms. The summed E-state index contributed by atoms with van der Waals surface area (Å²) in [7, 11) is 0. The minimum absolute atomic E-state index is 0.0871. The van der Waals surface area contributed by atoms with E-state index in [1.54, 1.807) is 12.1 Å². The maximum absolute atomic E-state index is 13.1. The molecule has 30 heavy (non-hydrogen) atoms. The highest BCUT2D eigenvalue weighted by atomic mass is 16.3. The number of aliphatic hydroxyl groups is 1. The van der Waals surface area contributed by atoms with Crippen molar-refractivity contribution in [3.63, 3.8) is 0 Å². The van der Waals surface area contributed by atoms with Gasteiger partial charge in [0.15, 0.2) is 11.5 Å². The molecular formula is C25H23NO4. The lowest BCUT2D eigenvalue weighted by atomic mass is 9.96. The second-order valence-corrected chi connectivity index (χ2v) is 7.53. The van der Waals surface area contributed by atoms with Gasteiger partial charge >= 0.3 is 0 Å². The standard InChI is InChI=1S/C25H23NO4/c1-16-10-12-19(15-17(16)2)26-23(21-9-6-14-30-21)22(24(28)25(26)29)20(27)13-11-18-7-4-3-5-8-18/h3-10,12,14-15,23,28H,11,13H2,1-2H3. The van der Waals surface area contributed by atoms with E-state index in [-0.39, 0.29) is 17.8 Å². The third kappa shape index (κ3) is 3.54. The lowest BCUT2D eigenvalue weighted by Crippen LogP contribution is -2.31. The Bertz CT molecular complexity index is 1110. The Morgan fingerprint density at radius 2 is 1.80 bits per heavy atom. The number of benzene rings is 2. The van der Waals surface area contributed by atoms with Gasteiger partial charge in [-0.3, -0.25) is 14.5 Å². The zero-order valence-electron chi connectivity index (χ0n) is 17.0. The summed E-state index contributed by atoms with van der Waals surface area (Å²) in [6.07, 6.45) is 2.22. The van der Waals surface area contributed by atoms with Crippen LogP contribution in [0.1, 0.15) is 34.9 Å². The molecule has 1 atom stereocenters. The number of hydrogen-bond acceptors (Lipinski definition) is 4. The lowest BCUT2D eigenvalue weighted by Gasteiger charge is -2.25. The lowest BCUT2D eigenvalue weighted by molar-refractivity contribution is -0.118. The van der Waals surface area contributed by atoms with E-state index >= 15 is 0 Å². The highest BCUT2D eigenvalue weighted by Gasteiger charge is 2.45. The number of aryl methyl sites for hydroxylation is 3. The molecule has 1 aromatic heterocycles. The number of nitrogens with zero attached hydrogens (tertiary/aromatic N) is 1. The van der Waals surface area contributed by atoms with E-state index in [9.17, 15) is 14.7 Å². The second kappa shape index (κ2) is 8.03. The van der Waals surface area contributed by atoms with E-state index < -0.39 is 17.7 Å². The topological polar surface area (TPSA) is 70.8 Å². The Kier molecular flexibility index (Phi) is 5.27. The van der Waals surface area contributed by atoms with Crippen LogP contribution in [0.25, 0.3) is 0 Å². The van der Waals surface area contributed by atoms with Crippen LogP contribution >= 0.6 is 0 Å². The normalized spacial score (nSPS) is 16.4. The van der Waals surface area contributed by atoms with Gasteiger partial charge in [0.2, 0.25) is 0 Å². The highest BCUT2D eigenvalue weighted by molar-refractivity contribution is 6.16. The summed E-state index contributed by atoms with van der Waals surface area (Å²) in [6.45, 7) is 3.95. The first kappa shape index (κ1) is 19.7. The molecule has 1 amide bonds. The van der Waals surface area contributed by atoms with Gasteiger partial charge in [0.05, 0.1) is 11.8 Å². The molecule has 0 aliphatic carbocycles. The average Bonchev–Trinajstić information content (AvgIpc) is 3.36. The Labute approximate surface area is 175 Å². The fourth-order valence-electron chi connectivity index (χ4n) is 3.79. The van der Waals surface area contributed by atoms with Crippen molar-refractivity contribution in [2.45, 2.75) is 32.7 Å². The molecule has 152 valence electrons. The van der Waals surface area contributed by atoms with Crippen molar-refractivity contribution in [1.29, 1.82) is 0 Å². The van der Waals surface area contributed by atoms with Gasteiger partial charge in [-0.15, -0.1) is 0 Å². The van der Waals surface area contributed by atoms with Crippen molar-refractivity contribution < 1.29 is 19.1 Å². The molecule has 0 spiro atoms. The third-order valence-corrected chi connectivity index (χ3v) is 5.57.